The highest BCUT2D eigenvalue weighted by molar-refractivity contribution is 5.99. The number of fused-ring (bicyclic) bond motifs is 1. The van der Waals surface area contributed by atoms with Crippen LogP contribution in [0.1, 0.15) is 39.5 Å². The third-order valence-electron chi connectivity index (χ3n) is 3.48. The van der Waals surface area contributed by atoms with Gasteiger partial charge < -0.3 is 9.84 Å². The van der Waals surface area contributed by atoms with Gasteiger partial charge in [0.1, 0.15) is 22.8 Å². The molecule has 0 amide bonds. The highest BCUT2D eigenvalue weighted by atomic mass is 19.1. The van der Waals surface area contributed by atoms with Crippen LogP contribution in [0.15, 0.2) is 47.0 Å². The Kier molecular flexibility index (Phi) is 4.12. The molecule has 1 heterocycles. The quantitative estimate of drug-likeness (QED) is 0.589. The molecule has 2 aliphatic rings. The molecule has 1 aliphatic heterocycles. The van der Waals surface area contributed by atoms with Gasteiger partial charge in [0, 0.05) is 12.0 Å². The van der Waals surface area contributed by atoms with E-state index in [9.17, 15) is 14.3 Å². The van der Waals surface area contributed by atoms with Crippen molar-refractivity contribution in [1.29, 1.82) is 0 Å². The second kappa shape index (κ2) is 5.65. The fraction of sp³-hybridized carbons (Fsp3) is 0.438. The Morgan fingerprint density at radius 1 is 1.55 bits per heavy atom. The predicted molar refractivity (Wildman–Crippen MR) is 74.7 cm³/mol. The Morgan fingerprint density at radius 2 is 2.30 bits per heavy atom. The van der Waals surface area contributed by atoms with Crippen LogP contribution >= 0.6 is 0 Å². The van der Waals surface area contributed by atoms with Crippen LogP contribution in [0.25, 0.3) is 0 Å². The summed E-state index contributed by atoms with van der Waals surface area (Å²) in [6, 6.07) is 0. The smallest absolute Gasteiger partial charge is 0.348 e. The van der Waals surface area contributed by atoms with E-state index in [2.05, 4.69) is 0 Å². The maximum Gasteiger partial charge on any atom is 0.348 e. The number of halogens is 1. The van der Waals surface area contributed by atoms with E-state index in [1.165, 1.54) is 13.0 Å². The van der Waals surface area contributed by atoms with Crippen LogP contribution in [-0.4, -0.2) is 16.7 Å². The maximum atomic E-state index is 14.2. The summed E-state index contributed by atoms with van der Waals surface area (Å²) in [6.07, 6.45) is 8.71. The minimum absolute atomic E-state index is 0.0751. The standard InChI is InChI=1S/C16H19FO3/c1-3-4-9-16(2,17)10-8-12(18)14-11-6-5-7-13(11)20-15(14)19/h5-8,18H,3-4,9-10H2,1-2H3/b12-8+. The molecule has 0 aromatic carbocycles. The van der Waals surface area contributed by atoms with E-state index < -0.39 is 11.6 Å². The summed E-state index contributed by atoms with van der Waals surface area (Å²) in [5, 5.41) is 10.0. The van der Waals surface area contributed by atoms with Crippen molar-refractivity contribution in [2.75, 3.05) is 0 Å². The molecule has 2 rings (SSSR count). The minimum atomic E-state index is -1.37. The lowest BCUT2D eigenvalue weighted by molar-refractivity contribution is -0.133. The predicted octanol–water partition coefficient (Wildman–Crippen LogP) is 4.04. The molecule has 1 unspecified atom stereocenters. The number of alkyl halides is 1. The molecule has 0 radical (unpaired) electrons. The number of rotatable bonds is 6. The van der Waals surface area contributed by atoms with E-state index in [-0.39, 0.29) is 17.8 Å². The van der Waals surface area contributed by atoms with Crippen LogP contribution in [0, 0.1) is 0 Å². The maximum absolute atomic E-state index is 14.2. The van der Waals surface area contributed by atoms with Gasteiger partial charge in [0.2, 0.25) is 0 Å². The zero-order chi connectivity index (χ0) is 14.8. The second-order valence-electron chi connectivity index (χ2n) is 5.38. The Labute approximate surface area is 118 Å². The Bertz CT molecular complexity index is 536. The number of unbranched alkanes of at least 4 members (excludes halogenated alkanes) is 1. The number of hydrogen-bond donors (Lipinski definition) is 1. The van der Waals surface area contributed by atoms with Crippen molar-refractivity contribution in [3.05, 3.63) is 47.0 Å². The summed E-state index contributed by atoms with van der Waals surface area (Å²) in [5.74, 6) is -0.349. The second-order valence-corrected chi connectivity index (χ2v) is 5.38. The van der Waals surface area contributed by atoms with E-state index in [1.807, 2.05) is 6.92 Å². The van der Waals surface area contributed by atoms with E-state index in [1.54, 1.807) is 18.2 Å². The Balaban J connectivity index is 2.12. The molecule has 108 valence electrons. The molecule has 0 saturated heterocycles. The van der Waals surface area contributed by atoms with Crippen molar-refractivity contribution in [3.8, 4) is 0 Å². The molecule has 4 heteroatoms. The highest BCUT2D eigenvalue weighted by Gasteiger charge is 2.32. The number of aliphatic hydroxyl groups excluding tert-OH is 1. The number of ether oxygens (including phenoxy) is 1. The van der Waals surface area contributed by atoms with Crippen LogP contribution in [-0.2, 0) is 9.53 Å². The third kappa shape index (κ3) is 3.00. The molecule has 1 N–H and O–H groups in total. The van der Waals surface area contributed by atoms with E-state index in [0.717, 1.165) is 12.8 Å². The zero-order valence-corrected chi connectivity index (χ0v) is 11.8. The largest absolute Gasteiger partial charge is 0.507 e. The lowest BCUT2D eigenvalue weighted by atomic mass is 9.96. The van der Waals surface area contributed by atoms with Crippen molar-refractivity contribution in [3.63, 3.8) is 0 Å². The van der Waals surface area contributed by atoms with Gasteiger partial charge in [0.05, 0.1) is 0 Å². The van der Waals surface area contributed by atoms with E-state index >= 15 is 0 Å². The Morgan fingerprint density at radius 3 is 3.00 bits per heavy atom. The van der Waals surface area contributed by atoms with Crippen LogP contribution < -0.4 is 0 Å². The van der Waals surface area contributed by atoms with E-state index in [0.29, 0.717) is 17.8 Å². The molecule has 0 bridgehead atoms. The third-order valence-corrected chi connectivity index (χ3v) is 3.48. The number of esters is 1. The zero-order valence-electron chi connectivity index (χ0n) is 11.8. The van der Waals surface area contributed by atoms with Gasteiger partial charge in [0.15, 0.2) is 0 Å². The number of carbonyl (C=O) groups excluding carboxylic acids is 1. The molecular weight excluding hydrogens is 259 g/mol. The molecule has 0 aromatic rings. The average Bonchev–Trinajstić information content (AvgIpc) is 2.93. The van der Waals surface area contributed by atoms with E-state index in [4.69, 9.17) is 4.74 Å². The van der Waals surface area contributed by atoms with Crippen LogP contribution in [0.4, 0.5) is 4.39 Å². The lowest BCUT2D eigenvalue weighted by Gasteiger charge is -2.18. The molecule has 0 spiro atoms. The van der Waals surface area contributed by atoms with Gasteiger partial charge in [-0.1, -0.05) is 31.9 Å². The van der Waals surface area contributed by atoms with Crippen LogP contribution in [0.3, 0.4) is 0 Å². The summed E-state index contributed by atoms with van der Waals surface area (Å²) >= 11 is 0. The van der Waals surface area contributed by atoms with Gasteiger partial charge in [-0.25, -0.2) is 9.18 Å². The molecule has 3 nitrogen and oxygen atoms in total. The fourth-order valence-electron chi connectivity index (χ4n) is 2.26. The first-order valence-corrected chi connectivity index (χ1v) is 6.88. The molecule has 0 saturated carbocycles. The van der Waals surface area contributed by atoms with Gasteiger partial charge in [-0.15, -0.1) is 0 Å². The summed E-state index contributed by atoms with van der Waals surface area (Å²) < 4.78 is 19.2. The molecular formula is C16H19FO3. The van der Waals surface area contributed by atoms with Crippen LogP contribution in [0.2, 0.25) is 0 Å². The van der Waals surface area contributed by atoms with Crippen molar-refractivity contribution >= 4 is 5.97 Å². The number of aliphatic hydroxyl groups is 1. The van der Waals surface area contributed by atoms with Crippen molar-refractivity contribution in [2.45, 2.75) is 45.2 Å². The minimum Gasteiger partial charge on any atom is -0.507 e. The number of allylic oxidation sites excluding steroid dienone is 4. The van der Waals surface area contributed by atoms with Gasteiger partial charge >= 0.3 is 5.97 Å². The highest BCUT2D eigenvalue weighted by Crippen LogP contribution is 2.34. The average molecular weight is 278 g/mol. The number of carbonyl (C=O) groups is 1. The van der Waals surface area contributed by atoms with Gasteiger partial charge in [-0.2, -0.15) is 0 Å². The fourth-order valence-corrected chi connectivity index (χ4v) is 2.26. The van der Waals surface area contributed by atoms with Crippen LogP contribution in [0.5, 0.6) is 0 Å². The topological polar surface area (TPSA) is 46.5 Å². The number of hydrogen-bond acceptors (Lipinski definition) is 3. The summed E-state index contributed by atoms with van der Waals surface area (Å²) in [5.41, 5.74) is -0.684. The monoisotopic (exact) mass is 278 g/mol. The van der Waals surface area contributed by atoms with Gasteiger partial charge in [-0.3, -0.25) is 0 Å². The van der Waals surface area contributed by atoms with Crippen molar-refractivity contribution in [2.24, 2.45) is 0 Å². The summed E-state index contributed by atoms with van der Waals surface area (Å²) in [7, 11) is 0. The SMILES string of the molecule is CCCCC(C)(F)C/C=C(/O)C1=C2C=CC=C2OC1=O. The first-order chi connectivity index (χ1) is 9.44. The molecule has 1 atom stereocenters. The van der Waals surface area contributed by atoms with Gasteiger partial charge in [-0.05, 0) is 25.5 Å². The van der Waals surface area contributed by atoms with Crippen molar-refractivity contribution in [1.82, 2.24) is 0 Å². The molecule has 20 heavy (non-hydrogen) atoms. The molecule has 1 aliphatic carbocycles. The Hall–Kier alpha value is -1.84. The summed E-state index contributed by atoms with van der Waals surface area (Å²) in [4.78, 5) is 11.7. The van der Waals surface area contributed by atoms with Crippen molar-refractivity contribution < 1.29 is 19.0 Å². The first kappa shape index (κ1) is 14.6. The molecule has 0 fully saturated rings. The normalized spacial score (nSPS) is 20.9. The molecule has 0 aromatic heterocycles. The first-order valence-electron chi connectivity index (χ1n) is 6.88. The van der Waals surface area contributed by atoms with Gasteiger partial charge in [0.25, 0.3) is 0 Å². The lowest BCUT2D eigenvalue weighted by Crippen LogP contribution is -2.17. The summed E-state index contributed by atoms with van der Waals surface area (Å²) in [6.45, 7) is 3.52.